The van der Waals surface area contributed by atoms with E-state index in [2.05, 4.69) is 15.0 Å². The zero-order valence-corrected chi connectivity index (χ0v) is 11.9. The first kappa shape index (κ1) is 13.1. The summed E-state index contributed by atoms with van der Waals surface area (Å²) in [6.45, 7) is 2.13. The second-order valence-electron chi connectivity index (χ2n) is 5.32. The Labute approximate surface area is 126 Å². The van der Waals surface area contributed by atoms with Crippen molar-refractivity contribution in [1.82, 2.24) is 15.0 Å². The Hall–Kier alpha value is -2.60. The maximum absolute atomic E-state index is 13.8. The molecule has 3 aromatic rings. The van der Waals surface area contributed by atoms with E-state index in [1.54, 1.807) is 13.1 Å². The van der Waals surface area contributed by atoms with Gasteiger partial charge in [0.15, 0.2) is 0 Å². The van der Waals surface area contributed by atoms with Gasteiger partial charge in [-0.2, -0.15) is 0 Å². The smallest absolute Gasteiger partial charge is 0.241 e. The van der Waals surface area contributed by atoms with E-state index in [0.717, 1.165) is 11.3 Å². The van der Waals surface area contributed by atoms with Gasteiger partial charge in [-0.15, -0.1) is 0 Å². The topological polar surface area (TPSA) is 73.9 Å². The van der Waals surface area contributed by atoms with Gasteiger partial charge >= 0.3 is 0 Å². The van der Waals surface area contributed by atoms with Crippen LogP contribution in [0.15, 0.2) is 30.5 Å². The number of nitrogens with two attached hydrogens (primary N) is 1. The molecule has 0 radical (unpaired) electrons. The molecule has 0 saturated carbocycles. The summed E-state index contributed by atoms with van der Waals surface area (Å²) in [6.07, 6.45) is 1.71. The van der Waals surface area contributed by atoms with Crippen molar-refractivity contribution in [2.24, 2.45) is 5.73 Å². The summed E-state index contributed by atoms with van der Waals surface area (Å²) in [6, 6.07) is 6.18. The first-order valence-corrected chi connectivity index (χ1v) is 6.97. The summed E-state index contributed by atoms with van der Waals surface area (Å²) in [5.41, 5.74) is 9.92. The maximum Gasteiger partial charge on any atom is 0.241 e. The van der Waals surface area contributed by atoms with Gasteiger partial charge in [0, 0.05) is 23.9 Å². The predicted octanol–water partition coefficient (Wildman–Crippen LogP) is 2.74. The molecule has 1 aliphatic rings. The molecule has 0 aliphatic carbocycles. The SMILES string of the molecule is C[C@@H](N)c1cc(F)cc2nc3c(nc12)-c1cccnc1CO3. The van der Waals surface area contributed by atoms with Crippen LogP contribution >= 0.6 is 0 Å². The number of hydrogen-bond acceptors (Lipinski definition) is 5. The predicted molar refractivity (Wildman–Crippen MR) is 79.7 cm³/mol. The fourth-order valence-electron chi connectivity index (χ4n) is 2.66. The molecule has 4 rings (SSSR count). The van der Waals surface area contributed by atoms with Crippen LogP contribution in [0, 0.1) is 5.82 Å². The van der Waals surface area contributed by atoms with Crippen LogP contribution in [-0.4, -0.2) is 15.0 Å². The van der Waals surface area contributed by atoms with Gasteiger partial charge in [0.05, 0.1) is 16.7 Å². The van der Waals surface area contributed by atoms with Crippen LogP contribution in [0.25, 0.3) is 22.3 Å². The molecule has 2 N–H and O–H groups in total. The van der Waals surface area contributed by atoms with Gasteiger partial charge in [-0.1, -0.05) is 0 Å². The minimum atomic E-state index is -0.382. The Morgan fingerprint density at radius 2 is 2.18 bits per heavy atom. The minimum absolute atomic E-state index is 0.332. The Morgan fingerprint density at radius 1 is 1.32 bits per heavy atom. The molecule has 22 heavy (non-hydrogen) atoms. The number of halogens is 1. The highest BCUT2D eigenvalue weighted by atomic mass is 19.1. The molecule has 0 unspecified atom stereocenters. The van der Waals surface area contributed by atoms with E-state index < -0.39 is 0 Å². The fraction of sp³-hybridized carbons (Fsp3) is 0.188. The molecule has 1 aromatic carbocycles. The van der Waals surface area contributed by atoms with E-state index >= 15 is 0 Å². The minimum Gasteiger partial charge on any atom is -0.470 e. The zero-order chi connectivity index (χ0) is 15.3. The normalized spacial score (nSPS) is 14.1. The Bertz CT molecular complexity index is 895. The number of benzene rings is 1. The van der Waals surface area contributed by atoms with E-state index in [-0.39, 0.29) is 11.9 Å². The Morgan fingerprint density at radius 3 is 3.00 bits per heavy atom. The van der Waals surface area contributed by atoms with Gasteiger partial charge < -0.3 is 10.5 Å². The van der Waals surface area contributed by atoms with Crippen LogP contribution in [0.2, 0.25) is 0 Å². The van der Waals surface area contributed by atoms with Crippen LogP contribution in [0.3, 0.4) is 0 Å². The maximum atomic E-state index is 13.8. The number of fused-ring (bicyclic) bond motifs is 4. The van der Waals surface area contributed by atoms with E-state index in [1.165, 1.54) is 12.1 Å². The van der Waals surface area contributed by atoms with Crippen molar-refractivity contribution in [3.8, 4) is 17.1 Å². The van der Waals surface area contributed by atoms with Crippen molar-refractivity contribution in [2.45, 2.75) is 19.6 Å². The molecule has 110 valence electrons. The zero-order valence-electron chi connectivity index (χ0n) is 11.9. The molecular formula is C16H13FN4O. The van der Waals surface area contributed by atoms with Crippen molar-refractivity contribution in [3.05, 3.63) is 47.5 Å². The summed E-state index contributed by atoms with van der Waals surface area (Å²) >= 11 is 0. The lowest BCUT2D eigenvalue weighted by atomic mass is 10.0. The third-order valence-electron chi connectivity index (χ3n) is 3.71. The summed E-state index contributed by atoms with van der Waals surface area (Å²) in [5, 5.41) is 0. The number of rotatable bonds is 1. The molecule has 0 saturated heterocycles. The monoisotopic (exact) mass is 296 g/mol. The van der Waals surface area contributed by atoms with E-state index in [9.17, 15) is 4.39 Å². The molecule has 0 fully saturated rings. The average Bonchev–Trinajstić information content (AvgIpc) is 2.52. The molecule has 0 bridgehead atoms. The standard InChI is InChI=1S/C16H13FN4O/c1-8(18)11-5-9(17)6-12-14(11)21-15-10-3-2-4-19-13(10)7-22-16(15)20-12/h2-6,8H,7,18H2,1H3/t8-/m1/s1. The van der Waals surface area contributed by atoms with Crippen molar-refractivity contribution >= 4 is 11.0 Å². The van der Waals surface area contributed by atoms with Crippen molar-refractivity contribution < 1.29 is 9.13 Å². The molecule has 2 aromatic heterocycles. The number of nitrogens with zero attached hydrogens (tertiary/aromatic N) is 3. The highest BCUT2D eigenvalue weighted by Crippen LogP contribution is 2.36. The summed E-state index contributed by atoms with van der Waals surface area (Å²) in [4.78, 5) is 13.3. The van der Waals surface area contributed by atoms with Crippen LogP contribution in [0.5, 0.6) is 5.88 Å². The summed E-state index contributed by atoms with van der Waals surface area (Å²) in [5.74, 6) is 0.0150. The van der Waals surface area contributed by atoms with Gasteiger partial charge in [0.25, 0.3) is 0 Å². The highest BCUT2D eigenvalue weighted by Gasteiger charge is 2.23. The first-order chi connectivity index (χ1) is 10.6. The van der Waals surface area contributed by atoms with Gasteiger partial charge in [-0.3, -0.25) is 4.98 Å². The molecule has 1 aliphatic heterocycles. The highest BCUT2D eigenvalue weighted by molar-refractivity contribution is 5.83. The van der Waals surface area contributed by atoms with Gasteiger partial charge in [0.1, 0.15) is 18.1 Å². The summed E-state index contributed by atoms with van der Waals surface area (Å²) in [7, 11) is 0. The molecule has 3 heterocycles. The van der Waals surface area contributed by atoms with Crippen molar-refractivity contribution in [2.75, 3.05) is 0 Å². The van der Waals surface area contributed by atoms with Crippen LogP contribution in [0.1, 0.15) is 24.2 Å². The quantitative estimate of drug-likeness (QED) is 0.747. The lowest BCUT2D eigenvalue weighted by Crippen LogP contribution is -2.12. The molecular weight excluding hydrogens is 283 g/mol. The molecule has 5 nitrogen and oxygen atoms in total. The second-order valence-corrected chi connectivity index (χ2v) is 5.32. The van der Waals surface area contributed by atoms with Crippen LogP contribution < -0.4 is 10.5 Å². The Balaban J connectivity index is 2.05. The van der Waals surface area contributed by atoms with Gasteiger partial charge in [0.2, 0.25) is 5.88 Å². The molecule has 0 spiro atoms. The van der Waals surface area contributed by atoms with Crippen molar-refractivity contribution in [1.29, 1.82) is 0 Å². The number of hydrogen-bond donors (Lipinski definition) is 1. The van der Waals surface area contributed by atoms with Gasteiger partial charge in [-0.05, 0) is 30.7 Å². The van der Waals surface area contributed by atoms with Crippen LogP contribution in [-0.2, 0) is 6.61 Å². The van der Waals surface area contributed by atoms with Gasteiger partial charge in [-0.25, -0.2) is 14.4 Å². The fourth-order valence-corrected chi connectivity index (χ4v) is 2.66. The number of ether oxygens (including phenoxy) is 1. The van der Waals surface area contributed by atoms with Crippen LogP contribution in [0.4, 0.5) is 4.39 Å². The lowest BCUT2D eigenvalue weighted by Gasteiger charge is -2.19. The van der Waals surface area contributed by atoms with E-state index in [1.807, 2.05) is 12.1 Å². The third-order valence-corrected chi connectivity index (χ3v) is 3.71. The second kappa shape index (κ2) is 4.71. The average molecular weight is 296 g/mol. The number of pyridine rings is 1. The molecule has 6 heteroatoms. The number of aromatic nitrogens is 3. The molecule has 1 atom stereocenters. The largest absolute Gasteiger partial charge is 0.470 e. The van der Waals surface area contributed by atoms with Crippen molar-refractivity contribution in [3.63, 3.8) is 0 Å². The summed E-state index contributed by atoms with van der Waals surface area (Å²) < 4.78 is 19.4. The molecule has 0 amide bonds. The lowest BCUT2D eigenvalue weighted by molar-refractivity contribution is 0.285. The Kier molecular flexibility index (Phi) is 2.80. The van der Waals surface area contributed by atoms with E-state index in [4.69, 9.17) is 10.5 Å². The third kappa shape index (κ3) is 1.92. The first-order valence-electron chi connectivity index (χ1n) is 6.97. The van der Waals surface area contributed by atoms with E-state index in [0.29, 0.717) is 34.8 Å².